The van der Waals surface area contributed by atoms with Crippen LogP contribution >= 0.6 is 0 Å². The zero-order valence-electron chi connectivity index (χ0n) is 5.92. The van der Waals surface area contributed by atoms with Gasteiger partial charge in [-0.05, 0) is 0 Å². The molecule has 0 aromatic carbocycles. The van der Waals surface area contributed by atoms with Crippen LogP contribution in [0, 0.1) is 10.1 Å². The minimum Gasteiger partial charge on any atom is -1.00 e. The summed E-state index contributed by atoms with van der Waals surface area (Å²) in [6, 6.07) is 0. The van der Waals surface area contributed by atoms with Gasteiger partial charge in [0.2, 0.25) is 0 Å². The molecule has 0 atom stereocenters. The summed E-state index contributed by atoms with van der Waals surface area (Å²) in [4.78, 5) is 8.36. The number of nitrogens with zero attached hydrogens (tertiary/aromatic N) is 1. The molecule has 52 valence electrons. The van der Waals surface area contributed by atoms with E-state index >= 15 is 0 Å². The first-order chi connectivity index (χ1) is 1.73. The molecule has 7 nitrogen and oxygen atoms in total. The maximum absolute atomic E-state index is 8.36. The molecular weight excluding hydrogens is 150 g/mol. The first kappa shape index (κ1) is 40.3. The molecule has 8 heteroatoms. The van der Waals surface area contributed by atoms with E-state index in [2.05, 4.69) is 0 Å². The average Bonchev–Trinajstić information content (AvgIpc) is 0.811. The summed E-state index contributed by atoms with van der Waals surface area (Å²) < 4.78 is 0. The molecule has 0 fully saturated rings. The van der Waals surface area contributed by atoms with Gasteiger partial charge < -0.3 is 24.5 Å². The molecular formula is H9CaNO6. The second-order valence-electron chi connectivity index (χ2n) is 0.238. The normalized spacial score (nSPS) is 3.00. The van der Waals surface area contributed by atoms with Crippen molar-refractivity contribution in [1.82, 2.24) is 0 Å². The standard InChI is InChI=1S/Ca.HNO3.3H2O.2H/c;2-1(3)4;;;;;/h;(H,2,3,4);3*1H2;;/q+2;;;;;2*-1. The Balaban J connectivity index is -0.00000000300. The van der Waals surface area contributed by atoms with Crippen molar-refractivity contribution in [3.05, 3.63) is 10.1 Å². The molecule has 0 unspecified atom stereocenters. The van der Waals surface area contributed by atoms with Crippen LogP contribution in [0.15, 0.2) is 0 Å². The van der Waals surface area contributed by atoms with Crippen LogP contribution in [-0.4, -0.2) is 64.5 Å². The molecule has 0 aromatic heterocycles. The Morgan fingerprint density at radius 2 is 1.38 bits per heavy atom. The number of hydrogen-bond acceptors (Lipinski definition) is 2. The predicted octanol–water partition coefficient (Wildman–Crippen LogP) is -2.98. The van der Waals surface area contributed by atoms with Gasteiger partial charge in [0.05, 0.1) is 0 Å². The van der Waals surface area contributed by atoms with Crippen LogP contribution in [0.25, 0.3) is 0 Å². The van der Waals surface area contributed by atoms with Crippen LogP contribution in [-0.2, 0) is 0 Å². The Kier molecular flexibility index (Phi) is 133. The molecule has 0 saturated heterocycles. The van der Waals surface area contributed by atoms with Gasteiger partial charge in [-0.25, -0.2) is 0 Å². The second-order valence-corrected chi connectivity index (χ2v) is 0.238. The van der Waals surface area contributed by atoms with Crippen molar-refractivity contribution in [2.45, 2.75) is 0 Å². The average molecular weight is 159 g/mol. The fraction of sp³-hybridized carbons (Fsp3) is 0. The van der Waals surface area contributed by atoms with Crippen molar-refractivity contribution < 1.29 is 29.6 Å². The van der Waals surface area contributed by atoms with Crippen molar-refractivity contribution >= 4 is 37.7 Å². The van der Waals surface area contributed by atoms with Gasteiger partial charge in [0.15, 0.2) is 0 Å². The molecule has 8 heavy (non-hydrogen) atoms. The fourth-order valence-corrected chi connectivity index (χ4v) is 0. The largest absolute Gasteiger partial charge is 2.00 e. The zero-order valence-corrected chi connectivity index (χ0v) is 6.13. The monoisotopic (exact) mass is 159 g/mol. The number of hydrogen-bond donors (Lipinski definition) is 1. The van der Waals surface area contributed by atoms with E-state index in [4.69, 9.17) is 15.3 Å². The quantitative estimate of drug-likeness (QED) is 0.227. The minimum atomic E-state index is -1.50. The summed E-state index contributed by atoms with van der Waals surface area (Å²) in [5.41, 5.74) is 0. The molecule has 0 saturated carbocycles. The van der Waals surface area contributed by atoms with Crippen LogP contribution in [0.1, 0.15) is 2.85 Å². The van der Waals surface area contributed by atoms with Crippen LogP contribution in [0.4, 0.5) is 0 Å². The Hall–Kier alpha value is 0.340. The van der Waals surface area contributed by atoms with Gasteiger partial charge in [-0.3, -0.25) is 0 Å². The Bertz CT molecular complexity index is 38.7. The van der Waals surface area contributed by atoms with E-state index in [1.165, 1.54) is 0 Å². The molecule has 0 aliphatic heterocycles. The molecule has 0 heterocycles. The molecule has 0 aromatic rings. The first-order valence-electron chi connectivity index (χ1n) is 0.565. The minimum absolute atomic E-state index is 0. The van der Waals surface area contributed by atoms with Crippen molar-refractivity contribution in [2.24, 2.45) is 0 Å². The van der Waals surface area contributed by atoms with E-state index in [1.807, 2.05) is 0 Å². The van der Waals surface area contributed by atoms with Gasteiger partial charge in [0.1, 0.15) is 0 Å². The maximum atomic E-state index is 8.36. The summed E-state index contributed by atoms with van der Waals surface area (Å²) in [6.45, 7) is 0. The molecule has 7 N–H and O–H groups in total. The Morgan fingerprint density at radius 3 is 1.38 bits per heavy atom. The van der Waals surface area contributed by atoms with Crippen LogP contribution in [0.2, 0.25) is 0 Å². The fourth-order valence-electron chi connectivity index (χ4n) is 0. The molecule has 0 radical (unpaired) electrons. The van der Waals surface area contributed by atoms with Crippen molar-refractivity contribution in [2.75, 3.05) is 0 Å². The first-order valence-corrected chi connectivity index (χ1v) is 0.565. The molecule has 0 aliphatic rings. The van der Waals surface area contributed by atoms with Gasteiger partial charge in [-0.15, -0.1) is 10.1 Å². The van der Waals surface area contributed by atoms with E-state index < -0.39 is 5.09 Å². The van der Waals surface area contributed by atoms with E-state index in [0.717, 1.165) is 0 Å². The SMILES string of the molecule is O.O.O.O=[N+]([O-])O.[Ca+2].[H-].[H-]. The van der Waals surface area contributed by atoms with Gasteiger partial charge in [-0.2, -0.15) is 0 Å². The van der Waals surface area contributed by atoms with Crippen molar-refractivity contribution in [3.63, 3.8) is 0 Å². The Labute approximate surface area is 77.3 Å². The Morgan fingerprint density at radius 1 is 1.38 bits per heavy atom. The van der Waals surface area contributed by atoms with E-state index in [9.17, 15) is 0 Å². The summed E-state index contributed by atoms with van der Waals surface area (Å²) in [5, 5.41) is 13.6. The van der Waals surface area contributed by atoms with Crippen molar-refractivity contribution in [1.29, 1.82) is 0 Å². The summed E-state index contributed by atoms with van der Waals surface area (Å²) in [6.07, 6.45) is 0. The van der Waals surface area contributed by atoms with Crippen LogP contribution in [0.5, 0.6) is 0 Å². The smallest absolute Gasteiger partial charge is 1.00 e. The van der Waals surface area contributed by atoms with E-state index in [-0.39, 0.29) is 57.0 Å². The molecule has 0 aliphatic carbocycles. The maximum Gasteiger partial charge on any atom is 2.00 e. The summed E-state index contributed by atoms with van der Waals surface area (Å²) in [5.74, 6) is 0. The van der Waals surface area contributed by atoms with Gasteiger partial charge in [0, 0.05) is 0 Å². The van der Waals surface area contributed by atoms with Crippen LogP contribution in [0.3, 0.4) is 0 Å². The molecule has 0 bridgehead atoms. The van der Waals surface area contributed by atoms with Gasteiger partial charge >= 0.3 is 37.7 Å². The summed E-state index contributed by atoms with van der Waals surface area (Å²) >= 11 is 0. The third-order valence-electron chi connectivity index (χ3n) is 0. The molecule has 0 spiro atoms. The van der Waals surface area contributed by atoms with Gasteiger partial charge in [0.25, 0.3) is 5.09 Å². The third kappa shape index (κ3) is 1570. The predicted molar refractivity (Wildman–Crippen MR) is 27.6 cm³/mol. The zero-order chi connectivity index (χ0) is 3.58. The third-order valence-corrected chi connectivity index (χ3v) is 0. The molecule has 0 rings (SSSR count). The van der Waals surface area contributed by atoms with Gasteiger partial charge in [-0.1, -0.05) is 0 Å². The topological polar surface area (TPSA) is 158 Å². The van der Waals surface area contributed by atoms with Crippen LogP contribution < -0.4 is 0 Å². The number of rotatable bonds is 0. The van der Waals surface area contributed by atoms with Crippen molar-refractivity contribution in [3.8, 4) is 0 Å². The second kappa shape index (κ2) is 26.4. The van der Waals surface area contributed by atoms with E-state index in [1.54, 1.807) is 0 Å². The molecule has 0 amide bonds. The summed E-state index contributed by atoms with van der Waals surface area (Å²) in [7, 11) is 0. The van der Waals surface area contributed by atoms with E-state index in [0.29, 0.717) is 0 Å².